The number of rotatable bonds is 7. The van der Waals surface area contributed by atoms with Crippen molar-refractivity contribution in [1.29, 1.82) is 0 Å². The summed E-state index contributed by atoms with van der Waals surface area (Å²) in [5.74, 6) is -0.410. The summed E-state index contributed by atoms with van der Waals surface area (Å²) in [6, 6.07) is 1.36. The number of nitrogens with zero attached hydrogens (tertiary/aromatic N) is 1. The summed E-state index contributed by atoms with van der Waals surface area (Å²) in [6.45, 7) is 6.31. The second-order valence-corrected chi connectivity index (χ2v) is 7.45. The van der Waals surface area contributed by atoms with E-state index in [4.69, 9.17) is 0 Å². The second-order valence-electron chi connectivity index (χ2n) is 5.26. The van der Waals surface area contributed by atoms with Gasteiger partial charge in [-0.15, -0.1) is 0 Å². The predicted molar refractivity (Wildman–Crippen MR) is 84.4 cm³/mol. The SMILES string of the molecule is CCCNc1cc(C)ncc1C(=O)NC(C)CS(C)(=O)=O. The molecule has 1 heterocycles. The summed E-state index contributed by atoms with van der Waals surface area (Å²) in [5.41, 5.74) is 1.96. The number of hydrogen-bond acceptors (Lipinski definition) is 5. The summed E-state index contributed by atoms with van der Waals surface area (Å²) in [5, 5.41) is 5.88. The van der Waals surface area contributed by atoms with Crippen molar-refractivity contribution >= 4 is 21.4 Å². The van der Waals surface area contributed by atoms with Crippen molar-refractivity contribution < 1.29 is 13.2 Å². The van der Waals surface area contributed by atoms with Gasteiger partial charge in [0.05, 0.1) is 17.0 Å². The molecule has 1 aromatic heterocycles. The van der Waals surface area contributed by atoms with Gasteiger partial charge in [-0.3, -0.25) is 9.78 Å². The Morgan fingerprint density at radius 1 is 1.43 bits per heavy atom. The van der Waals surface area contributed by atoms with Crippen LogP contribution in [0, 0.1) is 6.92 Å². The lowest BCUT2D eigenvalue weighted by atomic mass is 10.2. The van der Waals surface area contributed by atoms with Crippen LogP contribution in [0.5, 0.6) is 0 Å². The van der Waals surface area contributed by atoms with Crippen molar-refractivity contribution in [2.24, 2.45) is 0 Å². The molecule has 0 spiro atoms. The highest BCUT2D eigenvalue weighted by Gasteiger charge is 2.17. The molecule has 0 fully saturated rings. The zero-order chi connectivity index (χ0) is 16.0. The quantitative estimate of drug-likeness (QED) is 0.794. The van der Waals surface area contributed by atoms with Gasteiger partial charge in [0.2, 0.25) is 0 Å². The molecule has 0 aromatic carbocycles. The average Bonchev–Trinajstić information content (AvgIpc) is 2.33. The summed E-state index contributed by atoms with van der Waals surface area (Å²) >= 11 is 0. The third-order valence-electron chi connectivity index (χ3n) is 2.78. The van der Waals surface area contributed by atoms with Crippen molar-refractivity contribution in [1.82, 2.24) is 10.3 Å². The first kappa shape index (κ1) is 17.4. The Morgan fingerprint density at radius 2 is 2.10 bits per heavy atom. The van der Waals surface area contributed by atoms with Gasteiger partial charge in [0.15, 0.2) is 0 Å². The molecule has 7 heteroatoms. The molecular weight excluding hydrogens is 290 g/mol. The Morgan fingerprint density at radius 3 is 2.67 bits per heavy atom. The molecule has 0 aliphatic heterocycles. The maximum Gasteiger partial charge on any atom is 0.255 e. The normalized spacial score (nSPS) is 12.8. The highest BCUT2D eigenvalue weighted by molar-refractivity contribution is 7.90. The lowest BCUT2D eigenvalue weighted by molar-refractivity contribution is 0.0944. The van der Waals surface area contributed by atoms with Gasteiger partial charge in [-0.1, -0.05) is 6.92 Å². The first-order valence-electron chi connectivity index (χ1n) is 6.92. The number of carbonyl (C=O) groups excluding carboxylic acids is 1. The fourth-order valence-corrected chi connectivity index (χ4v) is 2.94. The molecule has 1 amide bonds. The number of aryl methyl sites for hydroxylation is 1. The number of carbonyl (C=O) groups is 1. The van der Waals surface area contributed by atoms with Crippen LogP contribution >= 0.6 is 0 Å². The number of amides is 1. The van der Waals surface area contributed by atoms with Crippen molar-refractivity contribution in [3.8, 4) is 0 Å². The Hall–Kier alpha value is -1.63. The summed E-state index contributed by atoms with van der Waals surface area (Å²) in [4.78, 5) is 16.4. The van der Waals surface area contributed by atoms with Gasteiger partial charge in [-0.25, -0.2) is 8.42 Å². The van der Waals surface area contributed by atoms with Gasteiger partial charge in [-0.05, 0) is 26.3 Å². The summed E-state index contributed by atoms with van der Waals surface area (Å²) in [7, 11) is -3.13. The largest absolute Gasteiger partial charge is 0.384 e. The number of hydrogen-bond donors (Lipinski definition) is 2. The minimum atomic E-state index is -3.13. The van der Waals surface area contributed by atoms with Crippen molar-refractivity contribution in [2.45, 2.75) is 33.2 Å². The predicted octanol–water partition coefficient (Wildman–Crippen LogP) is 1.37. The third kappa shape index (κ3) is 6.12. The smallest absolute Gasteiger partial charge is 0.255 e. The minimum Gasteiger partial charge on any atom is -0.384 e. The molecule has 0 saturated carbocycles. The average molecular weight is 313 g/mol. The third-order valence-corrected chi connectivity index (χ3v) is 3.89. The van der Waals surface area contributed by atoms with E-state index in [-0.39, 0.29) is 11.7 Å². The van der Waals surface area contributed by atoms with Gasteiger partial charge in [0.1, 0.15) is 9.84 Å². The molecular formula is C14H23N3O3S. The minimum absolute atomic E-state index is 0.0875. The Bertz CT molecular complexity index is 599. The Kier molecular flexibility index (Phi) is 6.14. The van der Waals surface area contributed by atoms with Crippen LogP contribution in [-0.2, 0) is 9.84 Å². The van der Waals surface area contributed by atoms with Crippen molar-refractivity contribution in [2.75, 3.05) is 23.9 Å². The van der Waals surface area contributed by atoms with Crippen LogP contribution in [0.15, 0.2) is 12.3 Å². The molecule has 0 aliphatic rings. The van der Waals surface area contributed by atoms with E-state index in [0.717, 1.165) is 24.9 Å². The highest BCUT2D eigenvalue weighted by Crippen LogP contribution is 2.16. The van der Waals surface area contributed by atoms with Crippen LogP contribution in [-0.4, -0.2) is 43.9 Å². The maximum absolute atomic E-state index is 12.3. The molecule has 0 bridgehead atoms. The topological polar surface area (TPSA) is 88.2 Å². The zero-order valence-corrected chi connectivity index (χ0v) is 13.8. The molecule has 0 radical (unpaired) electrons. The summed E-state index contributed by atoms with van der Waals surface area (Å²) < 4.78 is 22.5. The molecule has 118 valence electrons. The summed E-state index contributed by atoms with van der Waals surface area (Å²) in [6.07, 6.45) is 3.60. The molecule has 1 unspecified atom stereocenters. The van der Waals surface area contributed by atoms with E-state index in [1.807, 2.05) is 19.9 Å². The molecule has 21 heavy (non-hydrogen) atoms. The van der Waals surface area contributed by atoms with E-state index >= 15 is 0 Å². The molecule has 1 atom stereocenters. The molecule has 2 N–H and O–H groups in total. The number of anilines is 1. The number of aromatic nitrogens is 1. The monoisotopic (exact) mass is 313 g/mol. The number of nitrogens with one attached hydrogen (secondary N) is 2. The van der Waals surface area contributed by atoms with Crippen LogP contribution < -0.4 is 10.6 Å². The molecule has 1 aromatic rings. The Balaban J connectivity index is 2.86. The van der Waals surface area contributed by atoms with Gasteiger partial charge < -0.3 is 10.6 Å². The molecule has 0 saturated heterocycles. The number of sulfone groups is 1. The maximum atomic E-state index is 12.3. The fraction of sp³-hybridized carbons (Fsp3) is 0.571. The van der Waals surface area contributed by atoms with E-state index in [0.29, 0.717) is 11.3 Å². The first-order chi connectivity index (χ1) is 9.73. The molecule has 1 rings (SSSR count). The van der Waals surface area contributed by atoms with Gasteiger partial charge in [-0.2, -0.15) is 0 Å². The van der Waals surface area contributed by atoms with Crippen LogP contribution in [0.1, 0.15) is 36.3 Å². The molecule has 0 aliphatic carbocycles. The zero-order valence-electron chi connectivity index (χ0n) is 12.9. The van der Waals surface area contributed by atoms with E-state index < -0.39 is 15.9 Å². The highest BCUT2D eigenvalue weighted by atomic mass is 32.2. The van der Waals surface area contributed by atoms with E-state index in [1.54, 1.807) is 6.92 Å². The van der Waals surface area contributed by atoms with Crippen LogP contribution in [0.25, 0.3) is 0 Å². The van der Waals surface area contributed by atoms with Gasteiger partial charge >= 0.3 is 0 Å². The number of pyridine rings is 1. The Labute approximate surface area is 126 Å². The standard InChI is InChI=1S/C14H23N3O3S/c1-5-6-15-13-7-10(2)16-8-12(13)14(18)17-11(3)9-21(4,19)20/h7-8,11H,5-6,9H2,1-4H3,(H,15,16)(H,17,18). The van der Waals surface area contributed by atoms with Crippen molar-refractivity contribution in [3.63, 3.8) is 0 Å². The fourth-order valence-electron chi connectivity index (χ4n) is 1.94. The van der Waals surface area contributed by atoms with E-state index in [1.165, 1.54) is 6.20 Å². The van der Waals surface area contributed by atoms with Gasteiger partial charge in [0, 0.05) is 30.7 Å². The first-order valence-corrected chi connectivity index (χ1v) is 8.98. The van der Waals surface area contributed by atoms with Crippen molar-refractivity contribution in [3.05, 3.63) is 23.5 Å². The van der Waals surface area contributed by atoms with E-state index in [9.17, 15) is 13.2 Å². The lowest BCUT2D eigenvalue weighted by Gasteiger charge is -2.15. The van der Waals surface area contributed by atoms with Crippen LogP contribution in [0.2, 0.25) is 0 Å². The van der Waals surface area contributed by atoms with Gasteiger partial charge in [0.25, 0.3) is 5.91 Å². The molecule has 6 nitrogen and oxygen atoms in total. The van der Waals surface area contributed by atoms with E-state index in [2.05, 4.69) is 15.6 Å². The second kappa shape index (κ2) is 7.40. The van der Waals surface area contributed by atoms with Crippen LogP contribution in [0.3, 0.4) is 0 Å². The lowest BCUT2D eigenvalue weighted by Crippen LogP contribution is -2.37. The van der Waals surface area contributed by atoms with Crippen LogP contribution in [0.4, 0.5) is 5.69 Å².